The molecule has 0 amide bonds. The van der Waals surface area contributed by atoms with Crippen LogP contribution in [0.4, 0.5) is 0 Å². The predicted octanol–water partition coefficient (Wildman–Crippen LogP) is 3.00. The van der Waals surface area contributed by atoms with Gasteiger partial charge in [-0.25, -0.2) is 0 Å². The van der Waals surface area contributed by atoms with Crippen LogP contribution in [0.5, 0.6) is 0 Å². The second-order valence-corrected chi connectivity index (χ2v) is 5.14. The molecule has 0 saturated heterocycles. The van der Waals surface area contributed by atoms with E-state index in [1.54, 1.807) is 0 Å². The lowest BCUT2D eigenvalue weighted by Crippen LogP contribution is -2.23. The highest BCUT2D eigenvalue weighted by Gasteiger charge is 2.23. The molecule has 0 aromatic rings. The number of ether oxygens (including phenoxy) is 1. The average Bonchev–Trinajstić information content (AvgIpc) is 2.38. The Hall–Kier alpha value is -1.06. The van der Waals surface area contributed by atoms with E-state index in [-0.39, 0.29) is 18.8 Å². The molecule has 0 heterocycles. The van der Waals surface area contributed by atoms with E-state index in [4.69, 9.17) is 9.84 Å². The number of carboxylic acids is 1. The van der Waals surface area contributed by atoms with Gasteiger partial charge >= 0.3 is 11.9 Å². The van der Waals surface area contributed by atoms with Crippen molar-refractivity contribution in [3.8, 4) is 0 Å². The van der Waals surface area contributed by atoms with E-state index in [1.807, 2.05) is 0 Å². The second-order valence-electron chi connectivity index (χ2n) is 5.14. The number of carbonyl (C=O) groups excluding carboxylic acids is 1. The van der Waals surface area contributed by atoms with Crippen molar-refractivity contribution in [3.63, 3.8) is 0 Å². The molecule has 1 unspecified atom stereocenters. The topological polar surface area (TPSA) is 63.6 Å². The first-order valence-corrected chi connectivity index (χ1v) is 7.01. The summed E-state index contributed by atoms with van der Waals surface area (Å²) in [5.74, 6) is -0.215. The van der Waals surface area contributed by atoms with Crippen LogP contribution in [0.1, 0.15) is 58.3 Å². The summed E-state index contributed by atoms with van der Waals surface area (Å²) in [4.78, 5) is 21.7. The summed E-state index contributed by atoms with van der Waals surface area (Å²) in [6.45, 7) is 2.59. The minimum atomic E-state index is -0.953. The van der Waals surface area contributed by atoms with Gasteiger partial charge in [-0.1, -0.05) is 39.0 Å². The van der Waals surface area contributed by atoms with E-state index in [0.29, 0.717) is 18.4 Å². The number of rotatable bonds is 7. The van der Waals surface area contributed by atoms with E-state index >= 15 is 0 Å². The summed E-state index contributed by atoms with van der Waals surface area (Å²) in [6.07, 6.45) is 7.25. The SMILES string of the molecule is CCC(COC(=O)CCC(=O)O)C1CCCCC1. The van der Waals surface area contributed by atoms with Gasteiger partial charge in [0.25, 0.3) is 0 Å². The van der Waals surface area contributed by atoms with E-state index in [2.05, 4.69) is 6.92 Å². The predicted molar refractivity (Wildman–Crippen MR) is 68.2 cm³/mol. The number of carbonyl (C=O) groups is 2. The monoisotopic (exact) mass is 256 g/mol. The Kier molecular flexibility index (Phi) is 6.76. The van der Waals surface area contributed by atoms with E-state index < -0.39 is 5.97 Å². The molecule has 0 bridgehead atoms. The van der Waals surface area contributed by atoms with Gasteiger partial charge in [0.1, 0.15) is 0 Å². The van der Waals surface area contributed by atoms with Crippen molar-refractivity contribution in [2.75, 3.05) is 6.61 Å². The van der Waals surface area contributed by atoms with Crippen LogP contribution in [-0.2, 0) is 14.3 Å². The van der Waals surface area contributed by atoms with Crippen molar-refractivity contribution in [2.45, 2.75) is 58.3 Å². The van der Waals surface area contributed by atoms with Crippen LogP contribution >= 0.6 is 0 Å². The van der Waals surface area contributed by atoms with E-state index in [0.717, 1.165) is 6.42 Å². The Morgan fingerprint density at radius 1 is 1.22 bits per heavy atom. The van der Waals surface area contributed by atoms with Gasteiger partial charge in [0.05, 0.1) is 19.4 Å². The third-order valence-electron chi connectivity index (χ3n) is 3.84. The largest absolute Gasteiger partial charge is 0.481 e. The molecule has 1 atom stereocenters. The normalized spacial score (nSPS) is 18.3. The van der Waals surface area contributed by atoms with Gasteiger partial charge < -0.3 is 9.84 Å². The minimum Gasteiger partial charge on any atom is -0.481 e. The third kappa shape index (κ3) is 5.52. The maximum atomic E-state index is 11.4. The molecule has 0 spiro atoms. The Morgan fingerprint density at radius 2 is 1.89 bits per heavy atom. The smallest absolute Gasteiger partial charge is 0.306 e. The molecule has 1 fully saturated rings. The lowest BCUT2D eigenvalue weighted by Gasteiger charge is -2.29. The molecule has 0 aromatic carbocycles. The number of aliphatic carboxylic acids is 1. The van der Waals surface area contributed by atoms with Crippen LogP contribution in [0.25, 0.3) is 0 Å². The van der Waals surface area contributed by atoms with Crippen LogP contribution in [-0.4, -0.2) is 23.7 Å². The third-order valence-corrected chi connectivity index (χ3v) is 3.84. The quantitative estimate of drug-likeness (QED) is 0.711. The fourth-order valence-electron chi connectivity index (χ4n) is 2.67. The van der Waals surface area contributed by atoms with Crippen LogP contribution in [0.15, 0.2) is 0 Å². The Morgan fingerprint density at radius 3 is 2.44 bits per heavy atom. The molecule has 1 N–H and O–H groups in total. The first-order valence-electron chi connectivity index (χ1n) is 7.01. The number of esters is 1. The average molecular weight is 256 g/mol. The van der Waals surface area contributed by atoms with Crippen LogP contribution < -0.4 is 0 Å². The van der Waals surface area contributed by atoms with E-state index in [9.17, 15) is 9.59 Å². The summed E-state index contributed by atoms with van der Waals surface area (Å²) in [7, 11) is 0. The van der Waals surface area contributed by atoms with Gasteiger partial charge in [-0.15, -0.1) is 0 Å². The second kappa shape index (κ2) is 8.11. The van der Waals surface area contributed by atoms with Gasteiger partial charge in [-0.3, -0.25) is 9.59 Å². The Bertz CT molecular complexity index is 269. The van der Waals surface area contributed by atoms with Gasteiger partial charge in [0.2, 0.25) is 0 Å². The van der Waals surface area contributed by atoms with Crippen molar-refractivity contribution in [3.05, 3.63) is 0 Å². The molecule has 1 rings (SSSR count). The summed E-state index contributed by atoms with van der Waals surface area (Å²) in [6, 6.07) is 0. The van der Waals surface area contributed by atoms with Crippen molar-refractivity contribution in [2.24, 2.45) is 11.8 Å². The van der Waals surface area contributed by atoms with Gasteiger partial charge in [0, 0.05) is 0 Å². The standard InChI is InChI=1S/C14H24O4/c1-2-11(12-6-4-3-5-7-12)10-18-14(17)9-8-13(15)16/h11-12H,2-10H2,1H3,(H,15,16). The minimum absolute atomic E-state index is 0.0174. The molecule has 1 aliphatic carbocycles. The summed E-state index contributed by atoms with van der Waals surface area (Å²) in [5, 5.41) is 8.48. The van der Waals surface area contributed by atoms with E-state index in [1.165, 1.54) is 32.1 Å². The molecule has 0 aliphatic heterocycles. The molecule has 4 heteroatoms. The maximum absolute atomic E-state index is 11.4. The molecular weight excluding hydrogens is 232 g/mol. The lowest BCUT2D eigenvalue weighted by atomic mass is 9.79. The van der Waals surface area contributed by atoms with Crippen LogP contribution in [0.3, 0.4) is 0 Å². The summed E-state index contributed by atoms with van der Waals surface area (Å²) >= 11 is 0. The van der Waals surface area contributed by atoms with Crippen molar-refractivity contribution >= 4 is 11.9 Å². The molecule has 4 nitrogen and oxygen atoms in total. The summed E-state index contributed by atoms with van der Waals surface area (Å²) in [5.41, 5.74) is 0. The zero-order valence-corrected chi connectivity index (χ0v) is 11.2. The van der Waals surface area contributed by atoms with Gasteiger partial charge in [-0.05, 0) is 18.3 Å². The molecule has 0 aromatic heterocycles. The zero-order chi connectivity index (χ0) is 13.4. The van der Waals surface area contributed by atoms with Crippen molar-refractivity contribution < 1.29 is 19.4 Å². The molecule has 1 aliphatic rings. The zero-order valence-electron chi connectivity index (χ0n) is 11.2. The fourth-order valence-corrected chi connectivity index (χ4v) is 2.67. The number of carboxylic acid groups (broad SMARTS) is 1. The van der Waals surface area contributed by atoms with Crippen LogP contribution in [0, 0.1) is 11.8 Å². The highest BCUT2D eigenvalue weighted by Crippen LogP contribution is 2.31. The van der Waals surface area contributed by atoms with Gasteiger partial charge in [0.15, 0.2) is 0 Å². The first kappa shape index (κ1) is 15.0. The molecule has 0 radical (unpaired) electrons. The first-order chi connectivity index (χ1) is 8.63. The Labute approximate surface area is 109 Å². The molecular formula is C14H24O4. The number of hydrogen-bond acceptors (Lipinski definition) is 3. The number of hydrogen-bond donors (Lipinski definition) is 1. The fraction of sp³-hybridized carbons (Fsp3) is 0.857. The van der Waals surface area contributed by atoms with Gasteiger partial charge in [-0.2, -0.15) is 0 Å². The highest BCUT2D eigenvalue weighted by atomic mass is 16.5. The Balaban J connectivity index is 2.25. The molecule has 104 valence electrons. The maximum Gasteiger partial charge on any atom is 0.306 e. The van der Waals surface area contributed by atoms with Crippen molar-refractivity contribution in [1.82, 2.24) is 0 Å². The lowest BCUT2D eigenvalue weighted by molar-refractivity contribution is -0.149. The van der Waals surface area contributed by atoms with Crippen LogP contribution in [0.2, 0.25) is 0 Å². The summed E-state index contributed by atoms with van der Waals surface area (Å²) < 4.78 is 5.20. The van der Waals surface area contributed by atoms with Crippen molar-refractivity contribution in [1.29, 1.82) is 0 Å². The molecule has 1 saturated carbocycles. The highest BCUT2D eigenvalue weighted by molar-refractivity contribution is 5.76. The molecule has 18 heavy (non-hydrogen) atoms.